The van der Waals surface area contributed by atoms with Gasteiger partial charge in [0.2, 0.25) is 5.91 Å². The predicted molar refractivity (Wildman–Crippen MR) is 102 cm³/mol. The Morgan fingerprint density at radius 1 is 1.12 bits per heavy atom. The zero-order chi connectivity index (χ0) is 18.5. The van der Waals surface area contributed by atoms with E-state index in [4.69, 9.17) is 4.74 Å². The highest BCUT2D eigenvalue weighted by atomic mass is 16.5. The van der Waals surface area contributed by atoms with E-state index >= 15 is 0 Å². The molecule has 0 radical (unpaired) electrons. The summed E-state index contributed by atoms with van der Waals surface area (Å²) in [6.07, 6.45) is 2.45. The summed E-state index contributed by atoms with van der Waals surface area (Å²) in [7, 11) is 1.60. The average molecular weight is 352 g/mol. The lowest BCUT2D eigenvalue weighted by molar-refractivity contribution is -0.119. The number of benzene rings is 2. The summed E-state index contributed by atoms with van der Waals surface area (Å²) in [6, 6.07) is 14.4. The number of methoxy groups -OCH3 is 1. The highest BCUT2D eigenvalue weighted by Gasteiger charge is 2.34. The number of rotatable bonds is 5. The number of ether oxygens (including phenoxy) is 1. The lowest BCUT2D eigenvalue weighted by Gasteiger charge is -2.24. The fourth-order valence-electron chi connectivity index (χ4n) is 3.23. The van der Waals surface area contributed by atoms with E-state index in [-0.39, 0.29) is 11.8 Å². The minimum absolute atomic E-state index is 0.0833. The monoisotopic (exact) mass is 352 g/mol. The van der Waals surface area contributed by atoms with Gasteiger partial charge in [0, 0.05) is 17.8 Å². The molecule has 1 N–H and O–H groups in total. The molecule has 1 fully saturated rings. The van der Waals surface area contributed by atoms with E-state index in [9.17, 15) is 9.59 Å². The quantitative estimate of drug-likeness (QED) is 0.896. The first kappa shape index (κ1) is 18.0. The van der Waals surface area contributed by atoms with Crippen molar-refractivity contribution in [2.24, 2.45) is 0 Å². The molecule has 26 heavy (non-hydrogen) atoms. The van der Waals surface area contributed by atoms with Crippen LogP contribution in [0.25, 0.3) is 0 Å². The second-order valence-corrected chi connectivity index (χ2v) is 6.42. The molecule has 3 rings (SSSR count). The van der Waals surface area contributed by atoms with Gasteiger partial charge in [-0.1, -0.05) is 19.1 Å². The normalized spacial score (nSPS) is 16.4. The maximum absolute atomic E-state index is 12.8. The molecule has 0 spiro atoms. The second kappa shape index (κ2) is 8.04. The van der Waals surface area contributed by atoms with Crippen LogP contribution in [0, 0.1) is 0 Å². The van der Waals surface area contributed by atoms with E-state index < -0.39 is 6.04 Å². The summed E-state index contributed by atoms with van der Waals surface area (Å²) in [4.78, 5) is 27.2. The molecule has 2 aromatic carbocycles. The highest BCUT2D eigenvalue weighted by Crippen LogP contribution is 2.23. The number of hydrogen-bond acceptors (Lipinski definition) is 3. The van der Waals surface area contributed by atoms with Gasteiger partial charge in [-0.05, 0) is 61.2 Å². The number of amides is 2. The number of nitrogens with one attached hydrogen (secondary N) is 1. The van der Waals surface area contributed by atoms with Crippen LogP contribution in [-0.4, -0.2) is 36.4 Å². The number of anilines is 1. The molecule has 136 valence electrons. The van der Waals surface area contributed by atoms with Gasteiger partial charge in [-0.15, -0.1) is 0 Å². The molecule has 1 atom stereocenters. The van der Waals surface area contributed by atoms with Crippen molar-refractivity contribution >= 4 is 17.5 Å². The van der Waals surface area contributed by atoms with Crippen LogP contribution in [0.1, 0.15) is 35.7 Å². The maximum atomic E-state index is 12.8. The van der Waals surface area contributed by atoms with Gasteiger partial charge < -0.3 is 15.0 Å². The van der Waals surface area contributed by atoms with Crippen LogP contribution < -0.4 is 10.1 Å². The van der Waals surface area contributed by atoms with E-state index in [0.717, 1.165) is 18.6 Å². The van der Waals surface area contributed by atoms with Crippen molar-refractivity contribution in [1.29, 1.82) is 0 Å². The molecule has 2 aromatic rings. The topological polar surface area (TPSA) is 58.6 Å². The van der Waals surface area contributed by atoms with Gasteiger partial charge in [0.15, 0.2) is 0 Å². The molecule has 0 aromatic heterocycles. The molecule has 1 aliphatic rings. The maximum Gasteiger partial charge on any atom is 0.254 e. The minimum Gasteiger partial charge on any atom is -0.497 e. The van der Waals surface area contributed by atoms with Crippen LogP contribution in [0.3, 0.4) is 0 Å². The lowest BCUT2D eigenvalue weighted by Crippen LogP contribution is -2.43. The van der Waals surface area contributed by atoms with Crippen molar-refractivity contribution in [3.05, 3.63) is 59.7 Å². The molecular weight excluding hydrogens is 328 g/mol. The van der Waals surface area contributed by atoms with Crippen molar-refractivity contribution in [2.75, 3.05) is 19.0 Å². The third-order valence-corrected chi connectivity index (χ3v) is 4.78. The van der Waals surface area contributed by atoms with E-state index in [1.54, 1.807) is 36.3 Å². The Kier molecular flexibility index (Phi) is 5.56. The molecule has 1 saturated heterocycles. The SMILES string of the molecule is CCc1ccc(C(=O)N2CCC[C@H]2C(=O)Nc2ccc(OC)cc2)cc1. The predicted octanol–water partition coefficient (Wildman–Crippen LogP) is 3.50. The van der Waals surface area contributed by atoms with Crippen LogP contribution in [0.2, 0.25) is 0 Å². The number of nitrogens with zero attached hydrogens (tertiary/aromatic N) is 1. The van der Waals surface area contributed by atoms with Gasteiger partial charge in [-0.2, -0.15) is 0 Å². The van der Waals surface area contributed by atoms with Crippen LogP contribution in [-0.2, 0) is 11.2 Å². The fraction of sp³-hybridized carbons (Fsp3) is 0.333. The van der Waals surface area contributed by atoms with Gasteiger partial charge in [0.25, 0.3) is 5.91 Å². The molecule has 0 aliphatic carbocycles. The molecule has 0 saturated carbocycles. The summed E-state index contributed by atoms with van der Waals surface area (Å²) in [5.41, 5.74) is 2.52. The summed E-state index contributed by atoms with van der Waals surface area (Å²) in [6.45, 7) is 2.69. The van der Waals surface area contributed by atoms with Gasteiger partial charge in [-0.3, -0.25) is 9.59 Å². The Morgan fingerprint density at radius 3 is 2.42 bits per heavy atom. The fourth-order valence-corrected chi connectivity index (χ4v) is 3.23. The Hall–Kier alpha value is -2.82. The molecule has 2 amide bonds. The Morgan fingerprint density at radius 2 is 1.81 bits per heavy atom. The van der Waals surface area contributed by atoms with Crippen LogP contribution in [0.5, 0.6) is 5.75 Å². The van der Waals surface area contributed by atoms with Crippen molar-refractivity contribution in [1.82, 2.24) is 4.90 Å². The number of carbonyl (C=O) groups excluding carboxylic acids is 2. The largest absolute Gasteiger partial charge is 0.497 e. The van der Waals surface area contributed by atoms with Gasteiger partial charge in [0.05, 0.1) is 7.11 Å². The molecule has 0 unspecified atom stereocenters. The first-order chi connectivity index (χ1) is 12.6. The number of aryl methyl sites for hydroxylation is 1. The molecular formula is C21H24N2O3. The average Bonchev–Trinajstić information content (AvgIpc) is 3.18. The first-order valence-corrected chi connectivity index (χ1v) is 8.97. The number of hydrogen-bond donors (Lipinski definition) is 1. The summed E-state index contributed by atoms with van der Waals surface area (Å²) in [5, 5.41) is 2.90. The summed E-state index contributed by atoms with van der Waals surface area (Å²) in [5.74, 6) is 0.502. The van der Waals surface area contributed by atoms with E-state index in [2.05, 4.69) is 12.2 Å². The van der Waals surface area contributed by atoms with Crippen molar-refractivity contribution in [3.8, 4) is 5.75 Å². The Balaban J connectivity index is 1.69. The first-order valence-electron chi connectivity index (χ1n) is 8.97. The van der Waals surface area contributed by atoms with Crippen LogP contribution >= 0.6 is 0 Å². The van der Waals surface area contributed by atoms with Crippen LogP contribution in [0.15, 0.2) is 48.5 Å². The Bertz CT molecular complexity index is 769. The summed E-state index contributed by atoms with van der Waals surface area (Å²) < 4.78 is 5.12. The van der Waals surface area contributed by atoms with Crippen molar-refractivity contribution < 1.29 is 14.3 Å². The molecule has 5 heteroatoms. The zero-order valence-corrected chi connectivity index (χ0v) is 15.2. The standard InChI is InChI=1S/C21H24N2O3/c1-3-15-6-8-16(9-7-15)21(25)23-14-4-5-19(23)20(24)22-17-10-12-18(26-2)13-11-17/h6-13,19H,3-5,14H2,1-2H3,(H,22,24)/t19-/m0/s1. The second-order valence-electron chi connectivity index (χ2n) is 6.42. The third kappa shape index (κ3) is 3.87. The molecule has 1 heterocycles. The molecule has 1 aliphatic heterocycles. The highest BCUT2D eigenvalue weighted by molar-refractivity contribution is 6.01. The molecule has 0 bridgehead atoms. The number of likely N-dealkylation sites (tertiary alicyclic amines) is 1. The van der Waals surface area contributed by atoms with Crippen molar-refractivity contribution in [2.45, 2.75) is 32.2 Å². The van der Waals surface area contributed by atoms with E-state index in [1.807, 2.05) is 24.3 Å². The summed E-state index contributed by atoms with van der Waals surface area (Å²) >= 11 is 0. The Labute approximate surface area is 154 Å². The van der Waals surface area contributed by atoms with E-state index in [1.165, 1.54) is 5.56 Å². The number of carbonyl (C=O) groups is 2. The van der Waals surface area contributed by atoms with Crippen molar-refractivity contribution in [3.63, 3.8) is 0 Å². The lowest BCUT2D eigenvalue weighted by atomic mass is 10.1. The minimum atomic E-state index is -0.435. The smallest absolute Gasteiger partial charge is 0.254 e. The van der Waals surface area contributed by atoms with Gasteiger partial charge in [0.1, 0.15) is 11.8 Å². The van der Waals surface area contributed by atoms with E-state index in [0.29, 0.717) is 24.2 Å². The van der Waals surface area contributed by atoms with Crippen LogP contribution in [0.4, 0.5) is 5.69 Å². The van der Waals surface area contributed by atoms with Gasteiger partial charge in [-0.25, -0.2) is 0 Å². The zero-order valence-electron chi connectivity index (χ0n) is 15.2. The molecule has 5 nitrogen and oxygen atoms in total. The third-order valence-electron chi connectivity index (χ3n) is 4.78. The van der Waals surface area contributed by atoms with Gasteiger partial charge >= 0.3 is 0 Å².